The molecule has 0 saturated carbocycles. The molecule has 168 valence electrons. The predicted molar refractivity (Wildman–Crippen MR) is 127 cm³/mol. The predicted octanol–water partition coefficient (Wildman–Crippen LogP) is 4.88. The summed E-state index contributed by atoms with van der Waals surface area (Å²) in [6.45, 7) is 0. The Hall–Kier alpha value is -4.15. The zero-order valence-electron chi connectivity index (χ0n) is 17.1. The van der Waals surface area contributed by atoms with Crippen LogP contribution in [-0.2, 0) is 9.59 Å². The number of aliphatic hydroxyl groups is 1. The van der Waals surface area contributed by atoms with E-state index in [9.17, 15) is 24.8 Å². The van der Waals surface area contributed by atoms with Crippen LogP contribution in [0.2, 0.25) is 5.02 Å². The van der Waals surface area contributed by atoms with Crippen LogP contribution in [0.25, 0.3) is 16.0 Å². The normalized spacial score (nSPS) is 17.4. The van der Waals surface area contributed by atoms with Gasteiger partial charge in [-0.25, -0.2) is 4.98 Å². The number of para-hydroxylation sites is 1. The maximum atomic E-state index is 13.2. The third-order valence-electron chi connectivity index (χ3n) is 5.34. The molecular formula is C23H13ClN4O5S. The van der Waals surface area contributed by atoms with E-state index in [0.29, 0.717) is 15.2 Å². The van der Waals surface area contributed by atoms with Crippen molar-refractivity contribution in [3.05, 3.63) is 98.8 Å². The van der Waals surface area contributed by atoms with Crippen LogP contribution in [-0.4, -0.2) is 31.7 Å². The average molecular weight is 493 g/mol. The van der Waals surface area contributed by atoms with E-state index in [1.165, 1.54) is 36.7 Å². The molecule has 9 nitrogen and oxygen atoms in total. The number of non-ortho nitro benzene ring substituents is 1. The molecule has 4 aromatic rings. The third-order valence-corrected chi connectivity index (χ3v) is 6.67. The van der Waals surface area contributed by atoms with E-state index < -0.39 is 28.4 Å². The molecule has 1 unspecified atom stereocenters. The van der Waals surface area contributed by atoms with Crippen LogP contribution in [0.1, 0.15) is 17.2 Å². The number of hydrogen-bond donors (Lipinski definition) is 1. The van der Waals surface area contributed by atoms with Crippen LogP contribution in [0.4, 0.5) is 10.8 Å². The minimum absolute atomic E-state index is 0.173. The minimum atomic E-state index is -1.15. The van der Waals surface area contributed by atoms with Gasteiger partial charge in [-0.2, -0.15) is 0 Å². The van der Waals surface area contributed by atoms with Crippen molar-refractivity contribution in [1.29, 1.82) is 0 Å². The summed E-state index contributed by atoms with van der Waals surface area (Å²) < 4.78 is 0.689. The monoisotopic (exact) mass is 492 g/mol. The third kappa shape index (κ3) is 3.49. The van der Waals surface area contributed by atoms with E-state index in [4.69, 9.17) is 11.6 Å². The number of nitrogens with zero attached hydrogens (tertiary/aromatic N) is 4. The number of amides is 1. The van der Waals surface area contributed by atoms with Crippen molar-refractivity contribution in [3.8, 4) is 0 Å². The van der Waals surface area contributed by atoms with Crippen molar-refractivity contribution >= 4 is 61.4 Å². The Labute approximate surface area is 200 Å². The second-order valence-corrected chi connectivity index (χ2v) is 8.76. The lowest BCUT2D eigenvalue weighted by Crippen LogP contribution is -2.29. The highest BCUT2D eigenvalue weighted by Crippen LogP contribution is 2.45. The maximum absolute atomic E-state index is 13.2. The Morgan fingerprint density at radius 1 is 1.15 bits per heavy atom. The fraction of sp³-hybridized carbons (Fsp3) is 0.0435. The zero-order chi connectivity index (χ0) is 24.0. The highest BCUT2D eigenvalue weighted by Gasteiger charge is 2.48. The zero-order valence-corrected chi connectivity index (χ0v) is 18.7. The molecule has 1 saturated heterocycles. The highest BCUT2D eigenvalue weighted by atomic mass is 35.5. The van der Waals surface area contributed by atoms with Gasteiger partial charge < -0.3 is 5.11 Å². The van der Waals surface area contributed by atoms with Crippen LogP contribution in [0, 0.1) is 10.1 Å². The van der Waals surface area contributed by atoms with Gasteiger partial charge in [-0.05, 0) is 29.8 Å². The van der Waals surface area contributed by atoms with Crippen LogP contribution in [0.15, 0.2) is 72.6 Å². The molecule has 34 heavy (non-hydrogen) atoms. The summed E-state index contributed by atoms with van der Waals surface area (Å²) in [6, 6.07) is 12.7. The first-order valence-corrected chi connectivity index (χ1v) is 11.1. The minimum Gasteiger partial charge on any atom is -0.507 e. The summed E-state index contributed by atoms with van der Waals surface area (Å²) in [5.74, 6) is -2.30. The number of hydrogen-bond acceptors (Lipinski definition) is 8. The molecule has 1 fully saturated rings. The molecule has 0 spiro atoms. The number of aliphatic hydroxyl groups excluding tert-OH is 1. The molecule has 5 rings (SSSR count). The maximum Gasteiger partial charge on any atom is 0.301 e. The summed E-state index contributed by atoms with van der Waals surface area (Å²) in [5, 5.41) is 23.0. The highest BCUT2D eigenvalue weighted by molar-refractivity contribution is 7.22. The van der Waals surface area contributed by atoms with Gasteiger partial charge in [0.25, 0.3) is 11.5 Å². The van der Waals surface area contributed by atoms with Gasteiger partial charge in [-0.3, -0.25) is 29.6 Å². The topological polar surface area (TPSA) is 127 Å². The molecular weight excluding hydrogens is 480 g/mol. The number of nitro benzene ring substituents is 1. The molecule has 0 radical (unpaired) electrons. The van der Waals surface area contributed by atoms with Gasteiger partial charge >= 0.3 is 5.91 Å². The van der Waals surface area contributed by atoms with Crippen molar-refractivity contribution in [1.82, 2.24) is 9.97 Å². The summed E-state index contributed by atoms with van der Waals surface area (Å²) >= 11 is 7.39. The molecule has 1 aliphatic heterocycles. The van der Waals surface area contributed by atoms with E-state index >= 15 is 0 Å². The molecule has 3 heterocycles. The summed E-state index contributed by atoms with van der Waals surface area (Å²) in [5.41, 5.74) is 0.504. The first-order valence-electron chi connectivity index (χ1n) is 9.87. The quantitative estimate of drug-likeness (QED) is 0.141. The number of anilines is 1. The average Bonchev–Trinajstić information content (AvgIpc) is 3.39. The number of thiazole rings is 1. The number of carbonyl (C=O) groups excluding carboxylic acids is 2. The summed E-state index contributed by atoms with van der Waals surface area (Å²) in [6.07, 6.45) is 2.85. The SMILES string of the molecule is O=C1C(=O)N(c2nc3c(Cl)cccc3s2)C(c2cccc([N+](=O)[O-])c2)/C1=C(\O)c1cccnc1. The Morgan fingerprint density at radius 2 is 1.94 bits per heavy atom. The fourth-order valence-corrected chi connectivity index (χ4v) is 5.11. The number of pyridine rings is 1. The van der Waals surface area contributed by atoms with Crippen LogP contribution in [0.5, 0.6) is 0 Å². The Balaban J connectivity index is 1.77. The molecule has 11 heteroatoms. The second-order valence-electron chi connectivity index (χ2n) is 7.35. The molecule has 0 bridgehead atoms. The lowest BCUT2D eigenvalue weighted by Gasteiger charge is -2.22. The number of Topliss-reactive ketones (excluding diaryl/α,β-unsaturated/α-hetero) is 1. The smallest absolute Gasteiger partial charge is 0.301 e. The Bertz CT molecular complexity index is 1520. The van der Waals surface area contributed by atoms with E-state index in [0.717, 1.165) is 16.2 Å². The number of fused-ring (bicyclic) bond motifs is 1. The number of nitro groups is 1. The lowest BCUT2D eigenvalue weighted by molar-refractivity contribution is -0.384. The molecule has 1 atom stereocenters. The Morgan fingerprint density at radius 3 is 2.65 bits per heavy atom. The molecule has 1 N–H and O–H groups in total. The van der Waals surface area contributed by atoms with Gasteiger partial charge in [0, 0.05) is 30.1 Å². The van der Waals surface area contributed by atoms with Crippen molar-refractivity contribution < 1.29 is 19.6 Å². The largest absolute Gasteiger partial charge is 0.507 e. The fourth-order valence-electron chi connectivity index (χ4n) is 3.82. The van der Waals surface area contributed by atoms with Crippen LogP contribution < -0.4 is 4.90 Å². The number of carbonyl (C=O) groups is 2. The van der Waals surface area contributed by atoms with Crippen molar-refractivity contribution in [3.63, 3.8) is 0 Å². The molecule has 2 aromatic heterocycles. The lowest BCUT2D eigenvalue weighted by atomic mass is 9.95. The van der Waals surface area contributed by atoms with E-state index in [1.54, 1.807) is 30.3 Å². The Kier molecular flexibility index (Phi) is 5.31. The first-order chi connectivity index (χ1) is 16.4. The standard InChI is InChI=1S/C23H13ClN4O5S/c24-15-7-2-8-16-18(15)26-23(34-16)27-19(12-4-1-6-14(10-12)28(32)33)17(21(30)22(27)31)20(29)13-5-3-9-25-11-13/h1-11,19,29H/b20-17+. The van der Waals surface area contributed by atoms with Crippen molar-refractivity contribution in [2.45, 2.75) is 6.04 Å². The van der Waals surface area contributed by atoms with Gasteiger partial charge in [-0.1, -0.05) is 41.1 Å². The summed E-state index contributed by atoms with van der Waals surface area (Å²) in [7, 11) is 0. The van der Waals surface area contributed by atoms with E-state index in [2.05, 4.69) is 9.97 Å². The number of aromatic nitrogens is 2. The van der Waals surface area contributed by atoms with Crippen LogP contribution in [0.3, 0.4) is 0 Å². The summed E-state index contributed by atoms with van der Waals surface area (Å²) in [4.78, 5) is 46.8. The first kappa shape index (κ1) is 21.7. The number of halogens is 1. The van der Waals surface area contributed by atoms with Gasteiger partial charge in [0.1, 0.15) is 11.3 Å². The van der Waals surface area contributed by atoms with Gasteiger partial charge in [0.05, 0.1) is 26.3 Å². The number of rotatable bonds is 4. The van der Waals surface area contributed by atoms with E-state index in [1.807, 2.05) is 0 Å². The van der Waals surface area contributed by atoms with Gasteiger partial charge in [-0.15, -0.1) is 0 Å². The van der Waals surface area contributed by atoms with E-state index in [-0.39, 0.29) is 27.5 Å². The number of ketones is 1. The molecule has 2 aromatic carbocycles. The molecule has 1 amide bonds. The second kappa shape index (κ2) is 8.32. The van der Waals surface area contributed by atoms with Crippen molar-refractivity contribution in [2.24, 2.45) is 0 Å². The molecule has 1 aliphatic rings. The van der Waals surface area contributed by atoms with Crippen molar-refractivity contribution in [2.75, 3.05) is 4.90 Å². The van der Waals surface area contributed by atoms with Gasteiger partial charge in [0.15, 0.2) is 5.13 Å². The van der Waals surface area contributed by atoms with Gasteiger partial charge in [0.2, 0.25) is 0 Å². The molecule has 0 aliphatic carbocycles. The van der Waals surface area contributed by atoms with Crippen LogP contribution >= 0.6 is 22.9 Å². The number of benzene rings is 2.